The van der Waals surface area contributed by atoms with Crippen LogP contribution in [0.4, 0.5) is 0 Å². The molecule has 2 aromatic carbocycles. The summed E-state index contributed by atoms with van der Waals surface area (Å²) in [7, 11) is 0. The molecule has 0 fully saturated rings. The van der Waals surface area contributed by atoms with Crippen molar-refractivity contribution in [2.24, 2.45) is 0 Å². The Morgan fingerprint density at radius 1 is 1.04 bits per heavy atom. The summed E-state index contributed by atoms with van der Waals surface area (Å²) in [6, 6.07) is 14.2. The van der Waals surface area contributed by atoms with E-state index in [1.54, 1.807) is 0 Å². The predicted molar refractivity (Wildman–Crippen MR) is 98.0 cm³/mol. The van der Waals surface area contributed by atoms with Gasteiger partial charge in [-0.2, -0.15) is 5.10 Å². The molecule has 1 aliphatic heterocycles. The molecule has 1 unspecified atom stereocenters. The Morgan fingerprint density at radius 3 is 2.72 bits per heavy atom. The molecule has 7 heteroatoms. The van der Waals surface area contributed by atoms with Crippen LogP contribution in [-0.4, -0.2) is 25.0 Å². The van der Waals surface area contributed by atoms with Crippen LogP contribution in [0, 0.1) is 0 Å². The highest BCUT2D eigenvalue weighted by Crippen LogP contribution is 2.36. The van der Waals surface area contributed by atoms with Crippen molar-refractivity contribution in [2.75, 3.05) is 0 Å². The number of H-pyrrole nitrogens is 1. The van der Waals surface area contributed by atoms with Gasteiger partial charge in [-0.05, 0) is 42.3 Å². The Kier molecular flexibility index (Phi) is 3.33. The SMILES string of the molecule is Clc1ccc(C2CCc3nnc(-c4ccc5n[nH]c(Cl)c5c4)n32)cc1. The molecule has 5 nitrogen and oxygen atoms in total. The van der Waals surface area contributed by atoms with E-state index in [1.807, 2.05) is 30.3 Å². The zero-order valence-corrected chi connectivity index (χ0v) is 14.6. The Hall–Kier alpha value is -2.37. The molecule has 1 N–H and O–H groups in total. The van der Waals surface area contributed by atoms with Gasteiger partial charge >= 0.3 is 0 Å². The number of hydrogen-bond acceptors (Lipinski definition) is 3. The third kappa shape index (κ3) is 2.34. The molecule has 0 bridgehead atoms. The van der Waals surface area contributed by atoms with E-state index in [9.17, 15) is 0 Å². The summed E-state index contributed by atoms with van der Waals surface area (Å²) < 4.78 is 2.22. The number of rotatable bonds is 2. The molecular formula is C18H13Cl2N5. The molecule has 2 aromatic heterocycles. The minimum Gasteiger partial charge on any atom is -0.303 e. The zero-order valence-electron chi connectivity index (χ0n) is 13.1. The molecule has 25 heavy (non-hydrogen) atoms. The maximum absolute atomic E-state index is 6.19. The van der Waals surface area contributed by atoms with Crippen LogP contribution in [0.1, 0.15) is 23.9 Å². The van der Waals surface area contributed by atoms with Gasteiger partial charge in [0.15, 0.2) is 5.82 Å². The summed E-state index contributed by atoms with van der Waals surface area (Å²) >= 11 is 12.2. The first kappa shape index (κ1) is 14.9. The van der Waals surface area contributed by atoms with Crippen molar-refractivity contribution >= 4 is 34.1 Å². The van der Waals surface area contributed by atoms with Crippen molar-refractivity contribution < 1.29 is 0 Å². The molecule has 124 valence electrons. The summed E-state index contributed by atoms with van der Waals surface area (Å²) in [6.45, 7) is 0. The first-order valence-electron chi connectivity index (χ1n) is 8.04. The highest BCUT2D eigenvalue weighted by atomic mass is 35.5. The largest absolute Gasteiger partial charge is 0.303 e. The summed E-state index contributed by atoms with van der Waals surface area (Å²) in [4.78, 5) is 0. The van der Waals surface area contributed by atoms with Gasteiger partial charge in [0.2, 0.25) is 0 Å². The first-order valence-corrected chi connectivity index (χ1v) is 8.79. The molecule has 4 aromatic rings. The van der Waals surface area contributed by atoms with Crippen LogP contribution in [0.25, 0.3) is 22.3 Å². The summed E-state index contributed by atoms with van der Waals surface area (Å²) in [5, 5.41) is 18.0. The fourth-order valence-corrected chi connectivity index (χ4v) is 3.85. The number of aryl methyl sites for hydroxylation is 1. The van der Waals surface area contributed by atoms with Crippen LogP contribution in [0.5, 0.6) is 0 Å². The third-order valence-electron chi connectivity index (χ3n) is 4.74. The number of nitrogens with zero attached hydrogens (tertiary/aromatic N) is 4. The lowest BCUT2D eigenvalue weighted by Gasteiger charge is -2.16. The average Bonchev–Trinajstić information content (AvgIpc) is 3.31. The maximum Gasteiger partial charge on any atom is 0.164 e. The van der Waals surface area contributed by atoms with Gasteiger partial charge in [0.05, 0.1) is 11.6 Å². The van der Waals surface area contributed by atoms with Crippen molar-refractivity contribution in [3.8, 4) is 11.4 Å². The minimum absolute atomic E-state index is 0.216. The molecule has 5 rings (SSSR count). The van der Waals surface area contributed by atoms with Crippen LogP contribution >= 0.6 is 23.2 Å². The van der Waals surface area contributed by atoms with E-state index in [-0.39, 0.29) is 6.04 Å². The van der Waals surface area contributed by atoms with Crippen LogP contribution in [-0.2, 0) is 6.42 Å². The van der Waals surface area contributed by atoms with E-state index < -0.39 is 0 Å². The Labute approximate surface area is 153 Å². The first-order chi connectivity index (χ1) is 12.2. The van der Waals surface area contributed by atoms with Crippen LogP contribution in [0.2, 0.25) is 10.2 Å². The number of benzene rings is 2. The lowest BCUT2D eigenvalue weighted by molar-refractivity contribution is 0.622. The minimum atomic E-state index is 0.216. The number of hydrogen-bond donors (Lipinski definition) is 1. The quantitative estimate of drug-likeness (QED) is 0.558. The standard InChI is InChI=1S/C18H13Cl2N5/c19-12-4-1-10(2-5-12)15-7-8-16-22-24-18(25(15)16)11-3-6-14-13(9-11)17(20)23-21-14/h1-6,9,15H,7-8H2,(H,21,23). The Balaban J connectivity index is 1.64. The number of aromatic amines is 1. The van der Waals surface area contributed by atoms with Gasteiger partial charge in [-0.15, -0.1) is 10.2 Å². The Bertz CT molecular complexity index is 1080. The van der Waals surface area contributed by atoms with E-state index in [1.165, 1.54) is 5.56 Å². The van der Waals surface area contributed by atoms with Gasteiger partial charge in [0.25, 0.3) is 0 Å². The molecule has 0 saturated heterocycles. The monoisotopic (exact) mass is 369 g/mol. The van der Waals surface area contributed by atoms with Crippen molar-refractivity contribution in [1.29, 1.82) is 0 Å². The molecule has 0 aliphatic carbocycles. The molecule has 3 heterocycles. The number of aromatic nitrogens is 5. The Morgan fingerprint density at radius 2 is 1.88 bits per heavy atom. The van der Waals surface area contributed by atoms with E-state index in [0.717, 1.165) is 46.0 Å². The van der Waals surface area contributed by atoms with Gasteiger partial charge in [0, 0.05) is 22.4 Å². The van der Waals surface area contributed by atoms with E-state index >= 15 is 0 Å². The predicted octanol–water partition coefficient (Wildman–Crippen LogP) is 4.66. The van der Waals surface area contributed by atoms with Crippen LogP contribution in [0.3, 0.4) is 0 Å². The zero-order chi connectivity index (χ0) is 17.0. The second kappa shape index (κ2) is 5.58. The third-order valence-corrected chi connectivity index (χ3v) is 5.28. The number of fused-ring (bicyclic) bond motifs is 2. The molecule has 1 aliphatic rings. The van der Waals surface area contributed by atoms with Crippen molar-refractivity contribution in [3.63, 3.8) is 0 Å². The molecule has 0 saturated carbocycles. The fourth-order valence-electron chi connectivity index (χ4n) is 3.53. The van der Waals surface area contributed by atoms with Gasteiger partial charge in [-0.3, -0.25) is 5.10 Å². The van der Waals surface area contributed by atoms with Crippen LogP contribution < -0.4 is 0 Å². The lowest BCUT2D eigenvalue weighted by atomic mass is 10.0. The average molecular weight is 370 g/mol. The second-order valence-electron chi connectivity index (χ2n) is 6.19. The topological polar surface area (TPSA) is 59.4 Å². The molecule has 0 radical (unpaired) electrons. The van der Waals surface area contributed by atoms with E-state index in [2.05, 4.69) is 37.1 Å². The molecule has 1 atom stereocenters. The summed E-state index contributed by atoms with van der Waals surface area (Å²) in [5.74, 6) is 1.86. The van der Waals surface area contributed by atoms with Gasteiger partial charge < -0.3 is 4.57 Å². The van der Waals surface area contributed by atoms with Crippen molar-refractivity contribution in [1.82, 2.24) is 25.0 Å². The molecular weight excluding hydrogens is 357 g/mol. The van der Waals surface area contributed by atoms with E-state index in [0.29, 0.717) is 5.15 Å². The van der Waals surface area contributed by atoms with Gasteiger partial charge in [-0.25, -0.2) is 0 Å². The highest BCUT2D eigenvalue weighted by Gasteiger charge is 2.29. The second-order valence-corrected chi connectivity index (χ2v) is 7.00. The van der Waals surface area contributed by atoms with Crippen molar-refractivity contribution in [3.05, 3.63) is 64.0 Å². The molecule has 0 spiro atoms. The maximum atomic E-state index is 6.19. The van der Waals surface area contributed by atoms with E-state index in [4.69, 9.17) is 23.2 Å². The fraction of sp³-hybridized carbons (Fsp3) is 0.167. The summed E-state index contributed by atoms with van der Waals surface area (Å²) in [6.07, 6.45) is 1.92. The molecule has 0 amide bonds. The lowest BCUT2D eigenvalue weighted by Crippen LogP contribution is -2.07. The normalized spacial score (nSPS) is 16.5. The van der Waals surface area contributed by atoms with Crippen molar-refractivity contribution in [2.45, 2.75) is 18.9 Å². The summed E-state index contributed by atoms with van der Waals surface area (Å²) in [5.41, 5.74) is 3.03. The highest BCUT2D eigenvalue weighted by molar-refractivity contribution is 6.34. The number of nitrogens with one attached hydrogen (secondary N) is 1. The number of halogens is 2. The smallest absolute Gasteiger partial charge is 0.164 e. The van der Waals surface area contributed by atoms with Crippen LogP contribution in [0.15, 0.2) is 42.5 Å². The van der Waals surface area contributed by atoms with Gasteiger partial charge in [0.1, 0.15) is 11.0 Å². The van der Waals surface area contributed by atoms with Gasteiger partial charge in [-0.1, -0.05) is 35.3 Å².